The summed E-state index contributed by atoms with van der Waals surface area (Å²) in [5.74, 6) is -2.90. The normalized spacial score (nSPS) is 24.4. The maximum atomic E-state index is 14.0. The summed E-state index contributed by atoms with van der Waals surface area (Å²) in [6.07, 6.45) is -2.58. The van der Waals surface area contributed by atoms with Crippen LogP contribution in [0.5, 0.6) is 0 Å². The molecule has 0 saturated carbocycles. The van der Waals surface area contributed by atoms with E-state index in [0.29, 0.717) is 6.42 Å². The first kappa shape index (κ1) is 30.7. The maximum Gasteiger partial charge on any atom is 0.410 e. The number of nitrogens with zero attached hydrogens (tertiary/aromatic N) is 4. The monoisotopic (exact) mass is 619 g/mol. The summed E-state index contributed by atoms with van der Waals surface area (Å²) >= 11 is 0. The van der Waals surface area contributed by atoms with Gasteiger partial charge in [0.15, 0.2) is 12.0 Å². The number of hydrogen-bond acceptors (Lipinski definition) is 10. The minimum Gasteiger partial charge on any atom is -0.480 e. The van der Waals surface area contributed by atoms with Crippen LogP contribution in [0.1, 0.15) is 57.4 Å². The quantitative estimate of drug-likeness (QED) is 0.360. The van der Waals surface area contributed by atoms with Crippen molar-refractivity contribution >= 4 is 17.9 Å². The van der Waals surface area contributed by atoms with Gasteiger partial charge in [-0.15, -0.1) is 0 Å². The number of aromatic nitrogens is 3. The van der Waals surface area contributed by atoms with E-state index in [0.717, 1.165) is 26.9 Å². The molecule has 1 aromatic heterocycles. The summed E-state index contributed by atoms with van der Waals surface area (Å²) in [5, 5.41) is 14.4. The van der Waals surface area contributed by atoms with Crippen molar-refractivity contribution in [2.24, 2.45) is 5.92 Å². The van der Waals surface area contributed by atoms with Gasteiger partial charge in [-0.3, -0.25) is 4.90 Å². The van der Waals surface area contributed by atoms with Crippen LogP contribution in [-0.4, -0.2) is 80.1 Å². The van der Waals surface area contributed by atoms with Crippen LogP contribution in [-0.2, 0) is 23.7 Å². The van der Waals surface area contributed by atoms with Crippen molar-refractivity contribution in [1.29, 1.82) is 0 Å². The molecule has 3 N–H and O–H groups in total. The van der Waals surface area contributed by atoms with Gasteiger partial charge >= 0.3 is 17.8 Å². The van der Waals surface area contributed by atoms with Gasteiger partial charge < -0.3 is 29.8 Å². The number of aliphatic carboxylic acids is 1. The highest BCUT2D eigenvalue weighted by molar-refractivity contribution is 5.81. The van der Waals surface area contributed by atoms with Crippen LogP contribution < -0.4 is 11.4 Å². The predicted molar refractivity (Wildman–Crippen MR) is 161 cm³/mol. The predicted octanol–water partition coefficient (Wildman–Crippen LogP) is 3.39. The SMILES string of the molecule is CC[C@H](C)[C@@H](C(=O)O)N(C[C@H]1O[C@@H](n2ncc(N)nc2=O)[C@@H]2OC(C)(C)O[C@@H]21)C(=O)OCC1c2ccccc2-c2ccccc21. The molecule has 2 fully saturated rings. The molecule has 6 rings (SSSR count). The molecule has 0 radical (unpaired) electrons. The molecule has 0 unspecified atom stereocenters. The molecule has 2 saturated heterocycles. The second-order valence-corrected chi connectivity index (χ2v) is 12.2. The first-order valence-corrected chi connectivity index (χ1v) is 15.1. The molecule has 3 aliphatic rings. The van der Waals surface area contributed by atoms with Gasteiger partial charge in [-0.2, -0.15) is 14.8 Å². The Morgan fingerprint density at radius 1 is 1.09 bits per heavy atom. The molecule has 1 aliphatic carbocycles. The molecule has 45 heavy (non-hydrogen) atoms. The molecule has 3 heterocycles. The summed E-state index contributed by atoms with van der Waals surface area (Å²) in [7, 11) is 0. The van der Waals surface area contributed by atoms with Crippen LogP contribution in [0.3, 0.4) is 0 Å². The lowest BCUT2D eigenvalue weighted by Crippen LogP contribution is -2.53. The molecule has 1 amide bonds. The number of amides is 1. The summed E-state index contributed by atoms with van der Waals surface area (Å²) in [4.78, 5) is 44.3. The number of carbonyl (C=O) groups is 2. The number of anilines is 1. The van der Waals surface area contributed by atoms with E-state index in [1.54, 1.807) is 20.8 Å². The summed E-state index contributed by atoms with van der Waals surface area (Å²) < 4.78 is 25.5. The highest BCUT2D eigenvalue weighted by Gasteiger charge is 2.57. The topological polar surface area (TPSA) is 168 Å². The fourth-order valence-corrected chi connectivity index (χ4v) is 6.62. The number of carboxylic acid groups (broad SMARTS) is 1. The third-order valence-electron chi connectivity index (χ3n) is 8.82. The minimum absolute atomic E-state index is 0.0134. The molecular formula is C32H37N5O8. The van der Waals surface area contributed by atoms with E-state index in [1.807, 2.05) is 55.5 Å². The van der Waals surface area contributed by atoms with E-state index in [-0.39, 0.29) is 24.9 Å². The number of carbonyl (C=O) groups excluding carboxylic acids is 1. The van der Waals surface area contributed by atoms with Crippen LogP contribution in [0.25, 0.3) is 11.1 Å². The standard InChI is InChI=1S/C32H37N5O8/c1-5-17(2)25(29(38)39)36(31(41)42-16-22-20-12-8-6-10-18(20)19-11-7-9-13-21(19)22)15-23-26-27(45-32(3,4)44-26)28(43-23)37-30(40)35-24(33)14-34-37/h6-14,17,22-23,25-28H,5,15-16H2,1-4H3,(H,38,39)(H2,33,35,40)/t17-,23+,25-,26+,27+,28+/m0/s1. The molecule has 2 aromatic carbocycles. The fraction of sp³-hybridized carbons (Fsp3) is 0.469. The zero-order valence-corrected chi connectivity index (χ0v) is 25.5. The second kappa shape index (κ2) is 11.9. The Kier molecular flexibility index (Phi) is 8.10. The highest BCUT2D eigenvalue weighted by Crippen LogP contribution is 2.45. The Morgan fingerprint density at radius 3 is 2.31 bits per heavy atom. The van der Waals surface area contributed by atoms with E-state index in [4.69, 9.17) is 24.7 Å². The zero-order chi connectivity index (χ0) is 32.0. The molecular weight excluding hydrogens is 582 g/mol. The number of benzene rings is 2. The van der Waals surface area contributed by atoms with Gasteiger partial charge in [0, 0.05) is 5.92 Å². The first-order chi connectivity index (χ1) is 21.5. The number of ether oxygens (including phenoxy) is 4. The average Bonchev–Trinajstić information content (AvgIpc) is 3.61. The van der Waals surface area contributed by atoms with Crippen molar-refractivity contribution in [3.8, 4) is 11.1 Å². The largest absolute Gasteiger partial charge is 0.480 e. The van der Waals surface area contributed by atoms with Crippen LogP contribution in [0, 0.1) is 5.92 Å². The van der Waals surface area contributed by atoms with Gasteiger partial charge in [0.25, 0.3) is 0 Å². The maximum absolute atomic E-state index is 14.0. The molecule has 13 heteroatoms. The molecule has 0 spiro atoms. The summed E-state index contributed by atoms with van der Waals surface area (Å²) in [6.45, 7) is 6.88. The van der Waals surface area contributed by atoms with Gasteiger partial charge in [-0.25, -0.2) is 14.4 Å². The lowest BCUT2D eigenvalue weighted by molar-refractivity contribution is -0.201. The molecule has 2 aliphatic heterocycles. The Bertz CT molecular complexity index is 1610. The van der Waals surface area contributed by atoms with Crippen molar-refractivity contribution in [1.82, 2.24) is 19.7 Å². The summed E-state index contributed by atoms with van der Waals surface area (Å²) in [5.41, 5.74) is 9.11. The molecule has 238 valence electrons. The first-order valence-electron chi connectivity index (χ1n) is 15.1. The van der Waals surface area contributed by atoms with Crippen molar-refractivity contribution in [3.05, 3.63) is 76.3 Å². The Labute approximate surface area is 259 Å². The number of fused-ring (bicyclic) bond motifs is 4. The number of nitrogens with two attached hydrogens (primary N) is 1. The lowest BCUT2D eigenvalue weighted by Gasteiger charge is -2.34. The number of carboxylic acids is 1. The van der Waals surface area contributed by atoms with Crippen molar-refractivity contribution in [2.45, 2.75) is 76.4 Å². The fourth-order valence-electron chi connectivity index (χ4n) is 6.62. The van der Waals surface area contributed by atoms with E-state index >= 15 is 0 Å². The number of rotatable bonds is 9. The van der Waals surface area contributed by atoms with Crippen LogP contribution in [0.15, 0.2) is 59.5 Å². The van der Waals surface area contributed by atoms with Crippen LogP contribution in [0.2, 0.25) is 0 Å². The van der Waals surface area contributed by atoms with E-state index < -0.39 is 60.0 Å². The third kappa shape index (κ3) is 5.67. The smallest absolute Gasteiger partial charge is 0.410 e. The third-order valence-corrected chi connectivity index (χ3v) is 8.82. The van der Waals surface area contributed by atoms with Crippen molar-refractivity contribution in [3.63, 3.8) is 0 Å². The molecule has 0 bridgehead atoms. The van der Waals surface area contributed by atoms with Crippen LogP contribution in [0.4, 0.5) is 10.6 Å². The summed E-state index contributed by atoms with van der Waals surface area (Å²) in [6, 6.07) is 14.7. The Morgan fingerprint density at radius 2 is 1.71 bits per heavy atom. The molecule has 6 atom stereocenters. The van der Waals surface area contributed by atoms with Gasteiger partial charge in [0.05, 0.1) is 12.7 Å². The van der Waals surface area contributed by atoms with Crippen LogP contribution >= 0.6 is 0 Å². The second-order valence-electron chi connectivity index (χ2n) is 12.2. The van der Waals surface area contributed by atoms with Crippen molar-refractivity contribution < 1.29 is 33.6 Å². The van der Waals surface area contributed by atoms with Gasteiger partial charge in [-0.1, -0.05) is 68.8 Å². The average molecular weight is 620 g/mol. The number of nitrogen functional groups attached to an aromatic ring is 1. The molecule has 13 nitrogen and oxygen atoms in total. The van der Waals surface area contributed by atoms with E-state index in [9.17, 15) is 19.5 Å². The zero-order valence-electron chi connectivity index (χ0n) is 25.5. The van der Waals surface area contributed by atoms with Gasteiger partial charge in [-0.05, 0) is 42.0 Å². The number of hydrogen-bond donors (Lipinski definition) is 2. The van der Waals surface area contributed by atoms with Gasteiger partial charge in [0.1, 0.15) is 36.8 Å². The van der Waals surface area contributed by atoms with Crippen molar-refractivity contribution in [2.75, 3.05) is 18.9 Å². The Hall–Kier alpha value is -4.33. The molecule has 3 aromatic rings. The lowest BCUT2D eigenvalue weighted by atomic mass is 9.97. The van der Waals surface area contributed by atoms with E-state index in [2.05, 4.69) is 10.1 Å². The van der Waals surface area contributed by atoms with Gasteiger partial charge in [0.2, 0.25) is 0 Å². The minimum atomic E-state index is -1.22. The van der Waals surface area contributed by atoms with E-state index in [1.165, 1.54) is 11.1 Å². The Balaban J connectivity index is 1.29. The highest BCUT2D eigenvalue weighted by atomic mass is 16.8.